The molecule has 2 nitrogen and oxygen atoms in total. The molecule has 2 rings (SSSR count). The fourth-order valence-corrected chi connectivity index (χ4v) is 1.96. The van der Waals surface area contributed by atoms with Gasteiger partial charge in [0.25, 0.3) is 0 Å². The van der Waals surface area contributed by atoms with Gasteiger partial charge in [-0.15, -0.1) is 0 Å². The number of benzene rings is 2. The third kappa shape index (κ3) is 4.15. The van der Waals surface area contributed by atoms with Crippen molar-refractivity contribution in [2.24, 2.45) is 0 Å². The second-order valence-corrected chi connectivity index (χ2v) is 4.66. The molecule has 0 saturated carbocycles. The van der Waals surface area contributed by atoms with E-state index in [9.17, 15) is 0 Å². The van der Waals surface area contributed by atoms with Gasteiger partial charge in [-0.1, -0.05) is 42.2 Å². The predicted octanol–water partition coefficient (Wildman–Crippen LogP) is 3.06. The number of rotatable bonds is 4. The molecule has 0 fully saturated rings. The van der Waals surface area contributed by atoms with E-state index in [1.54, 1.807) is 0 Å². The number of para-hydroxylation sites is 1. The molecular weight excluding hydrogens is 246 g/mol. The van der Waals surface area contributed by atoms with Gasteiger partial charge in [0.15, 0.2) is 0 Å². The van der Waals surface area contributed by atoms with E-state index in [1.807, 2.05) is 30.3 Å². The number of anilines is 1. The van der Waals surface area contributed by atoms with Crippen LogP contribution >= 0.6 is 0 Å². The van der Waals surface area contributed by atoms with Crippen molar-refractivity contribution in [3.05, 3.63) is 65.7 Å². The van der Waals surface area contributed by atoms with Gasteiger partial charge >= 0.3 is 0 Å². The molecule has 2 aromatic carbocycles. The zero-order chi connectivity index (χ0) is 14.2. The van der Waals surface area contributed by atoms with E-state index in [0.29, 0.717) is 6.42 Å². The summed E-state index contributed by atoms with van der Waals surface area (Å²) < 4.78 is 0. The molecule has 0 spiro atoms. The van der Waals surface area contributed by atoms with Crippen LogP contribution in [0.5, 0.6) is 0 Å². The average Bonchev–Trinajstić information content (AvgIpc) is 2.50. The highest BCUT2D eigenvalue weighted by atomic mass is 16.2. The van der Waals surface area contributed by atoms with Crippen molar-refractivity contribution < 1.29 is 5.11 Å². The van der Waals surface area contributed by atoms with E-state index in [2.05, 4.69) is 48.1 Å². The minimum Gasteiger partial charge on any atom is -0.395 e. The van der Waals surface area contributed by atoms with Gasteiger partial charge in [0.1, 0.15) is 0 Å². The fourth-order valence-electron chi connectivity index (χ4n) is 1.96. The van der Waals surface area contributed by atoms with Gasteiger partial charge < -0.3 is 10.0 Å². The Labute approximate surface area is 120 Å². The standard InChI is InChI=1S/C18H19NO/c1-19(18-8-3-2-4-9-18)15-17-12-10-16(11-13-17)7-5-6-14-20/h2-4,8-13,20H,6,14-15H2,1H3. The average molecular weight is 265 g/mol. The Bertz CT molecular complexity index is 578. The first-order valence-electron chi connectivity index (χ1n) is 6.74. The number of aliphatic hydroxyl groups is 1. The minimum absolute atomic E-state index is 0.118. The van der Waals surface area contributed by atoms with Gasteiger partial charge in [-0.05, 0) is 29.8 Å². The SMILES string of the molecule is CN(Cc1ccc(C#CCCO)cc1)c1ccccc1. The van der Waals surface area contributed by atoms with Gasteiger partial charge in [-0.2, -0.15) is 0 Å². The highest BCUT2D eigenvalue weighted by molar-refractivity contribution is 5.46. The van der Waals surface area contributed by atoms with E-state index in [4.69, 9.17) is 5.11 Å². The highest BCUT2D eigenvalue weighted by Gasteiger charge is 2.01. The maximum absolute atomic E-state index is 8.69. The van der Waals surface area contributed by atoms with Crippen molar-refractivity contribution in [1.82, 2.24) is 0 Å². The zero-order valence-electron chi connectivity index (χ0n) is 11.7. The van der Waals surface area contributed by atoms with Crippen LogP contribution in [0.15, 0.2) is 54.6 Å². The molecule has 1 N–H and O–H groups in total. The van der Waals surface area contributed by atoms with Crippen LogP contribution in [-0.4, -0.2) is 18.8 Å². The van der Waals surface area contributed by atoms with Crippen LogP contribution in [0.2, 0.25) is 0 Å². The molecule has 2 aromatic rings. The van der Waals surface area contributed by atoms with Crippen LogP contribution in [-0.2, 0) is 6.54 Å². The zero-order valence-corrected chi connectivity index (χ0v) is 11.7. The van der Waals surface area contributed by atoms with Gasteiger partial charge in [-0.25, -0.2) is 0 Å². The van der Waals surface area contributed by atoms with E-state index >= 15 is 0 Å². The Morgan fingerprint density at radius 2 is 1.70 bits per heavy atom. The Balaban J connectivity index is 1.99. The van der Waals surface area contributed by atoms with Gasteiger partial charge in [0.05, 0.1) is 6.61 Å². The molecule has 0 aromatic heterocycles. The fraction of sp³-hybridized carbons (Fsp3) is 0.222. The van der Waals surface area contributed by atoms with Crippen molar-refractivity contribution in [2.45, 2.75) is 13.0 Å². The van der Waals surface area contributed by atoms with Gasteiger partial charge in [0.2, 0.25) is 0 Å². The Hall–Kier alpha value is -2.24. The molecule has 0 saturated heterocycles. The van der Waals surface area contributed by atoms with Crippen LogP contribution in [0.25, 0.3) is 0 Å². The second-order valence-electron chi connectivity index (χ2n) is 4.66. The second kappa shape index (κ2) is 7.37. The summed E-state index contributed by atoms with van der Waals surface area (Å²) in [6, 6.07) is 18.6. The van der Waals surface area contributed by atoms with E-state index < -0.39 is 0 Å². The molecule has 0 atom stereocenters. The number of hydrogen-bond donors (Lipinski definition) is 1. The molecule has 0 aliphatic carbocycles. The maximum atomic E-state index is 8.69. The van der Waals surface area contributed by atoms with E-state index in [1.165, 1.54) is 11.3 Å². The Kier molecular flexibility index (Phi) is 5.23. The highest BCUT2D eigenvalue weighted by Crippen LogP contribution is 2.14. The van der Waals surface area contributed by atoms with Crippen LogP contribution in [0.1, 0.15) is 17.5 Å². The summed E-state index contributed by atoms with van der Waals surface area (Å²) >= 11 is 0. The number of nitrogens with zero attached hydrogens (tertiary/aromatic N) is 1. The lowest BCUT2D eigenvalue weighted by Crippen LogP contribution is -2.15. The molecule has 2 heteroatoms. The molecular formula is C18H19NO. The summed E-state index contributed by atoms with van der Waals surface area (Å²) in [4.78, 5) is 2.21. The summed E-state index contributed by atoms with van der Waals surface area (Å²) in [6.07, 6.45) is 0.526. The molecule has 20 heavy (non-hydrogen) atoms. The summed E-state index contributed by atoms with van der Waals surface area (Å²) in [5.41, 5.74) is 3.45. The minimum atomic E-state index is 0.118. The third-order valence-electron chi connectivity index (χ3n) is 3.04. The first-order chi connectivity index (χ1) is 9.79. The Morgan fingerprint density at radius 3 is 2.35 bits per heavy atom. The number of aliphatic hydroxyl groups excluding tert-OH is 1. The predicted molar refractivity (Wildman–Crippen MR) is 83.6 cm³/mol. The summed E-state index contributed by atoms with van der Waals surface area (Å²) in [6.45, 7) is 0.987. The first kappa shape index (κ1) is 14.2. The quantitative estimate of drug-likeness (QED) is 0.859. The molecule has 0 radical (unpaired) electrons. The summed E-state index contributed by atoms with van der Waals surface area (Å²) in [7, 11) is 2.09. The monoisotopic (exact) mass is 265 g/mol. The largest absolute Gasteiger partial charge is 0.395 e. The topological polar surface area (TPSA) is 23.5 Å². The van der Waals surface area contributed by atoms with Crippen molar-refractivity contribution in [2.75, 3.05) is 18.6 Å². The molecule has 0 bridgehead atoms. The lowest BCUT2D eigenvalue weighted by atomic mass is 10.1. The maximum Gasteiger partial charge on any atom is 0.0540 e. The molecule has 0 heterocycles. The molecule has 102 valence electrons. The third-order valence-corrected chi connectivity index (χ3v) is 3.04. The first-order valence-corrected chi connectivity index (χ1v) is 6.74. The number of hydrogen-bond acceptors (Lipinski definition) is 2. The smallest absolute Gasteiger partial charge is 0.0540 e. The van der Waals surface area contributed by atoms with Crippen LogP contribution in [0, 0.1) is 11.8 Å². The van der Waals surface area contributed by atoms with Gasteiger partial charge in [-0.3, -0.25) is 0 Å². The summed E-state index contributed by atoms with van der Waals surface area (Å²) in [5, 5.41) is 8.69. The van der Waals surface area contributed by atoms with Gasteiger partial charge in [0, 0.05) is 31.3 Å². The normalized spacial score (nSPS) is 9.70. The van der Waals surface area contributed by atoms with Crippen molar-refractivity contribution >= 4 is 5.69 Å². The molecule has 0 amide bonds. The van der Waals surface area contributed by atoms with Crippen LogP contribution < -0.4 is 4.90 Å². The van der Waals surface area contributed by atoms with Crippen molar-refractivity contribution in [3.63, 3.8) is 0 Å². The molecule has 0 aliphatic rings. The van der Waals surface area contributed by atoms with E-state index in [-0.39, 0.29) is 6.61 Å². The molecule has 0 aliphatic heterocycles. The lowest BCUT2D eigenvalue weighted by Gasteiger charge is -2.19. The van der Waals surface area contributed by atoms with Crippen LogP contribution in [0.4, 0.5) is 5.69 Å². The Morgan fingerprint density at radius 1 is 1.00 bits per heavy atom. The molecule has 0 unspecified atom stereocenters. The van der Waals surface area contributed by atoms with Crippen molar-refractivity contribution in [3.8, 4) is 11.8 Å². The lowest BCUT2D eigenvalue weighted by molar-refractivity contribution is 0.305. The summed E-state index contributed by atoms with van der Waals surface area (Å²) in [5.74, 6) is 5.96. The van der Waals surface area contributed by atoms with E-state index in [0.717, 1.165) is 12.1 Å². The van der Waals surface area contributed by atoms with Crippen LogP contribution in [0.3, 0.4) is 0 Å². The van der Waals surface area contributed by atoms with Crippen molar-refractivity contribution in [1.29, 1.82) is 0 Å².